The lowest BCUT2D eigenvalue weighted by atomic mass is 10.2. The number of methoxy groups -OCH3 is 2. The van der Waals surface area contributed by atoms with Crippen LogP contribution < -0.4 is 9.47 Å². The van der Waals surface area contributed by atoms with Crippen LogP contribution in [0.3, 0.4) is 0 Å². The quantitative estimate of drug-likeness (QED) is 0.613. The summed E-state index contributed by atoms with van der Waals surface area (Å²) in [5.41, 5.74) is 0.723. The van der Waals surface area contributed by atoms with E-state index in [1.807, 2.05) is 0 Å². The van der Waals surface area contributed by atoms with Crippen molar-refractivity contribution in [3.63, 3.8) is 0 Å². The molecular weight excluding hydrogens is 352 g/mol. The summed E-state index contributed by atoms with van der Waals surface area (Å²) in [6.45, 7) is 0. The standard InChI is InChI=1S/C16H13BrO5/c1-20-12-7-8-14(17)13(9-12)16(19)22-11-5-3-10(4-6-11)15(18)21-2/h3-9H,1-2H3. The fourth-order valence-corrected chi connectivity index (χ4v) is 2.14. The zero-order chi connectivity index (χ0) is 16.1. The summed E-state index contributed by atoms with van der Waals surface area (Å²) < 4.78 is 15.6. The summed E-state index contributed by atoms with van der Waals surface area (Å²) in [7, 11) is 2.82. The van der Waals surface area contributed by atoms with Crippen molar-refractivity contribution in [2.75, 3.05) is 14.2 Å². The number of hydrogen-bond acceptors (Lipinski definition) is 5. The summed E-state index contributed by atoms with van der Waals surface area (Å²) in [6, 6.07) is 11.1. The lowest BCUT2D eigenvalue weighted by Crippen LogP contribution is -2.10. The molecule has 5 nitrogen and oxygen atoms in total. The molecule has 2 aromatic carbocycles. The van der Waals surface area contributed by atoms with E-state index in [4.69, 9.17) is 9.47 Å². The van der Waals surface area contributed by atoms with Crippen molar-refractivity contribution in [2.24, 2.45) is 0 Å². The molecule has 0 bridgehead atoms. The van der Waals surface area contributed by atoms with E-state index < -0.39 is 11.9 Å². The molecule has 0 saturated heterocycles. The summed E-state index contributed by atoms with van der Waals surface area (Å²) in [4.78, 5) is 23.5. The minimum absolute atomic E-state index is 0.326. The van der Waals surface area contributed by atoms with Crippen LogP contribution in [0, 0.1) is 0 Å². The maximum atomic E-state index is 12.2. The Morgan fingerprint density at radius 2 is 1.55 bits per heavy atom. The van der Waals surface area contributed by atoms with Crippen LogP contribution >= 0.6 is 15.9 Å². The molecule has 0 N–H and O–H groups in total. The Labute approximate surface area is 135 Å². The molecule has 0 amide bonds. The van der Waals surface area contributed by atoms with Gasteiger partial charge in [0.25, 0.3) is 0 Å². The molecule has 114 valence electrons. The van der Waals surface area contributed by atoms with Gasteiger partial charge in [-0.3, -0.25) is 0 Å². The van der Waals surface area contributed by atoms with Gasteiger partial charge in [0.15, 0.2) is 0 Å². The number of ether oxygens (including phenoxy) is 3. The first-order valence-corrected chi connectivity index (χ1v) is 7.08. The van der Waals surface area contributed by atoms with Crippen molar-refractivity contribution in [3.05, 3.63) is 58.1 Å². The fourth-order valence-electron chi connectivity index (χ4n) is 1.73. The zero-order valence-corrected chi connectivity index (χ0v) is 13.5. The van der Waals surface area contributed by atoms with Crippen LogP contribution in [-0.2, 0) is 4.74 Å². The van der Waals surface area contributed by atoms with E-state index in [-0.39, 0.29) is 0 Å². The van der Waals surface area contributed by atoms with Gasteiger partial charge in [0.2, 0.25) is 0 Å². The zero-order valence-electron chi connectivity index (χ0n) is 12.0. The van der Waals surface area contributed by atoms with Gasteiger partial charge in [-0.2, -0.15) is 0 Å². The maximum absolute atomic E-state index is 12.2. The lowest BCUT2D eigenvalue weighted by molar-refractivity contribution is 0.0600. The largest absolute Gasteiger partial charge is 0.497 e. The van der Waals surface area contributed by atoms with Crippen LogP contribution in [0.25, 0.3) is 0 Å². The fraction of sp³-hybridized carbons (Fsp3) is 0.125. The molecule has 0 fully saturated rings. The highest BCUT2D eigenvalue weighted by atomic mass is 79.9. The third-order valence-corrected chi connectivity index (χ3v) is 3.57. The number of esters is 2. The van der Waals surface area contributed by atoms with Crippen molar-refractivity contribution in [3.8, 4) is 11.5 Å². The normalized spacial score (nSPS) is 9.95. The van der Waals surface area contributed by atoms with Gasteiger partial charge in [-0.05, 0) is 58.4 Å². The van der Waals surface area contributed by atoms with Gasteiger partial charge < -0.3 is 14.2 Å². The third-order valence-electron chi connectivity index (χ3n) is 2.88. The number of rotatable bonds is 4. The molecule has 2 rings (SSSR count). The SMILES string of the molecule is COC(=O)c1ccc(OC(=O)c2cc(OC)ccc2Br)cc1. The second-order valence-corrected chi connectivity index (χ2v) is 5.11. The van der Waals surface area contributed by atoms with Gasteiger partial charge in [-0.15, -0.1) is 0 Å². The maximum Gasteiger partial charge on any atom is 0.344 e. The van der Waals surface area contributed by atoms with Crippen molar-refractivity contribution >= 4 is 27.9 Å². The topological polar surface area (TPSA) is 61.8 Å². The second kappa shape index (κ2) is 7.09. The predicted molar refractivity (Wildman–Crippen MR) is 83.4 cm³/mol. The number of halogens is 1. The monoisotopic (exact) mass is 364 g/mol. The van der Waals surface area contributed by atoms with Gasteiger partial charge >= 0.3 is 11.9 Å². The molecular formula is C16H13BrO5. The van der Waals surface area contributed by atoms with Crippen LogP contribution in [-0.4, -0.2) is 26.2 Å². The Bertz CT molecular complexity index is 694. The van der Waals surface area contributed by atoms with Gasteiger partial charge in [0, 0.05) is 4.47 Å². The third kappa shape index (κ3) is 3.65. The highest BCUT2D eigenvalue weighted by Gasteiger charge is 2.14. The smallest absolute Gasteiger partial charge is 0.344 e. The van der Waals surface area contributed by atoms with Crippen molar-refractivity contribution in [2.45, 2.75) is 0 Å². The van der Waals surface area contributed by atoms with E-state index in [1.165, 1.54) is 38.5 Å². The minimum Gasteiger partial charge on any atom is -0.497 e. The second-order valence-electron chi connectivity index (χ2n) is 4.25. The predicted octanol–water partition coefficient (Wildman–Crippen LogP) is 3.46. The highest BCUT2D eigenvalue weighted by Crippen LogP contribution is 2.24. The van der Waals surface area contributed by atoms with Gasteiger partial charge in [0.05, 0.1) is 25.3 Å². The molecule has 0 atom stereocenters. The highest BCUT2D eigenvalue weighted by molar-refractivity contribution is 9.10. The Morgan fingerprint density at radius 3 is 2.14 bits per heavy atom. The van der Waals surface area contributed by atoms with Crippen LogP contribution in [0.4, 0.5) is 0 Å². The summed E-state index contributed by atoms with van der Waals surface area (Å²) in [6.07, 6.45) is 0. The van der Waals surface area contributed by atoms with Crippen molar-refractivity contribution < 1.29 is 23.8 Å². The van der Waals surface area contributed by atoms with E-state index in [2.05, 4.69) is 20.7 Å². The first-order chi connectivity index (χ1) is 10.5. The summed E-state index contributed by atoms with van der Waals surface area (Å²) in [5.74, 6) is -0.103. The molecule has 6 heteroatoms. The number of benzene rings is 2. The molecule has 2 aromatic rings. The van der Waals surface area contributed by atoms with E-state index >= 15 is 0 Å². The average molecular weight is 365 g/mol. The van der Waals surface area contributed by atoms with Crippen LogP contribution in [0.1, 0.15) is 20.7 Å². The van der Waals surface area contributed by atoms with Gasteiger partial charge in [-0.1, -0.05) is 0 Å². The number of carbonyl (C=O) groups is 2. The van der Waals surface area contributed by atoms with E-state index in [1.54, 1.807) is 18.2 Å². The summed E-state index contributed by atoms with van der Waals surface area (Å²) >= 11 is 3.30. The lowest BCUT2D eigenvalue weighted by Gasteiger charge is -2.08. The number of carbonyl (C=O) groups excluding carboxylic acids is 2. The molecule has 0 aromatic heterocycles. The Balaban J connectivity index is 2.17. The van der Waals surface area contributed by atoms with E-state index in [0.717, 1.165) is 0 Å². The minimum atomic E-state index is -0.531. The first-order valence-electron chi connectivity index (χ1n) is 6.29. The van der Waals surface area contributed by atoms with E-state index in [9.17, 15) is 9.59 Å². The molecule has 0 spiro atoms. The van der Waals surface area contributed by atoms with Gasteiger partial charge in [-0.25, -0.2) is 9.59 Å². The Kier molecular flexibility index (Phi) is 5.16. The van der Waals surface area contributed by atoms with E-state index in [0.29, 0.717) is 27.1 Å². The molecule has 0 aliphatic heterocycles. The average Bonchev–Trinajstić information content (AvgIpc) is 2.55. The molecule has 0 heterocycles. The van der Waals surface area contributed by atoms with Crippen LogP contribution in [0.2, 0.25) is 0 Å². The van der Waals surface area contributed by atoms with Crippen LogP contribution in [0.15, 0.2) is 46.9 Å². The molecule has 22 heavy (non-hydrogen) atoms. The van der Waals surface area contributed by atoms with Crippen molar-refractivity contribution in [1.82, 2.24) is 0 Å². The first kappa shape index (κ1) is 16.0. The molecule has 0 aliphatic rings. The number of hydrogen-bond donors (Lipinski definition) is 0. The molecule has 0 aliphatic carbocycles. The molecule has 0 saturated carbocycles. The summed E-state index contributed by atoms with van der Waals surface area (Å²) in [5, 5.41) is 0. The molecule has 0 radical (unpaired) electrons. The Hall–Kier alpha value is -2.34. The molecule has 0 unspecified atom stereocenters. The van der Waals surface area contributed by atoms with Crippen LogP contribution in [0.5, 0.6) is 11.5 Å². The van der Waals surface area contributed by atoms with Crippen molar-refractivity contribution in [1.29, 1.82) is 0 Å². The van der Waals surface area contributed by atoms with Gasteiger partial charge in [0.1, 0.15) is 11.5 Å². The Morgan fingerprint density at radius 1 is 0.909 bits per heavy atom.